The Labute approximate surface area is 185 Å². The van der Waals surface area contributed by atoms with Crippen LogP contribution in [0.5, 0.6) is 5.75 Å². The molecule has 31 heavy (non-hydrogen) atoms. The Kier molecular flexibility index (Phi) is 4.42. The normalized spacial score (nSPS) is 11.4. The van der Waals surface area contributed by atoms with Crippen molar-refractivity contribution >= 4 is 33.1 Å². The highest BCUT2D eigenvalue weighted by molar-refractivity contribution is 7.14. The lowest BCUT2D eigenvalue weighted by molar-refractivity contribution is 0.415. The van der Waals surface area contributed by atoms with Crippen LogP contribution in [0.2, 0.25) is 0 Å². The van der Waals surface area contributed by atoms with E-state index in [4.69, 9.17) is 4.74 Å². The smallest absolute Gasteiger partial charge is 0.120 e. The van der Waals surface area contributed by atoms with Crippen molar-refractivity contribution in [3.05, 3.63) is 69.9 Å². The molecule has 0 bridgehead atoms. The predicted molar refractivity (Wildman–Crippen MR) is 129 cm³/mol. The molecule has 5 aromatic rings. The summed E-state index contributed by atoms with van der Waals surface area (Å²) in [5.74, 6) is 0.846. The van der Waals surface area contributed by atoms with Crippen LogP contribution in [0.1, 0.15) is 27.4 Å². The lowest BCUT2D eigenvalue weighted by Crippen LogP contribution is -1.98. The molecule has 5 heteroatoms. The van der Waals surface area contributed by atoms with Crippen LogP contribution in [0.15, 0.2) is 42.5 Å². The van der Waals surface area contributed by atoms with E-state index in [1.807, 2.05) is 25.1 Å². The maximum absolute atomic E-state index is 9.60. The fourth-order valence-corrected chi connectivity index (χ4v) is 5.62. The summed E-state index contributed by atoms with van der Waals surface area (Å²) in [4.78, 5) is 4.70. The van der Waals surface area contributed by atoms with E-state index in [2.05, 4.69) is 60.7 Å². The zero-order valence-electron chi connectivity index (χ0n) is 18.3. The van der Waals surface area contributed by atoms with E-state index in [0.29, 0.717) is 0 Å². The number of aryl methyl sites for hydroxylation is 3. The quantitative estimate of drug-likeness (QED) is 0.340. The van der Waals surface area contributed by atoms with Crippen LogP contribution in [0.25, 0.3) is 37.9 Å². The van der Waals surface area contributed by atoms with Gasteiger partial charge in [-0.15, -0.1) is 11.3 Å². The minimum absolute atomic E-state index is 0.729. The maximum atomic E-state index is 9.60. The van der Waals surface area contributed by atoms with Crippen molar-refractivity contribution in [3.63, 3.8) is 0 Å². The Morgan fingerprint density at radius 2 is 1.71 bits per heavy atom. The highest BCUT2D eigenvalue weighted by atomic mass is 32.1. The highest BCUT2D eigenvalue weighted by Crippen LogP contribution is 2.38. The number of nitriles is 1. The molecule has 0 atom stereocenters. The Morgan fingerprint density at radius 3 is 2.45 bits per heavy atom. The molecule has 0 aliphatic rings. The van der Waals surface area contributed by atoms with Gasteiger partial charge in [-0.1, -0.05) is 0 Å². The van der Waals surface area contributed by atoms with Crippen LogP contribution in [0.4, 0.5) is 0 Å². The molecule has 2 aromatic carbocycles. The number of aromatic amines is 1. The molecule has 0 fully saturated rings. The van der Waals surface area contributed by atoms with Crippen LogP contribution in [-0.4, -0.2) is 16.7 Å². The van der Waals surface area contributed by atoms with Gasteiger partial charge in [0.05, 0.1) is 18.2 Å². The van der Waals surface area contributed by atoms with Gasteiger partial charge in [0, 0.05) is 44.2 Å². The van der Waals surface area contributed by atoms with Gasteiger partial charge in [-0.25, -0.2) is 0 Å². The number of hydrogen-bond donors (Lipinski definition) is 1. The molecule has 0 unspecified atom stereocenters. The first kappa shape index (κ1) is 19.5. The fraction of sp³-hybridized carbons (Fsp3) is 0.192. The molecular formula is C26H23N3OS. The second-order valence-corrected chi connectivity index (χ2v) is 9.29. The number of rotatable bonds is 3. The molecule has 0 aliphatic heterocycles. The topological polar surface area (TPSA) is 53.7 Å². The molecule has 4 nitrogen and oxygen atoms in total. The molecule has 0 saturated carbocycles. The lowest BCUT2D eigenvalue weighted by Gasteiger charge is -2.10. The van der Waals surface area contributed by atoms with E-state index in [9.17, 15) is 5.26 Å². The van der Waals surface area contributed by atoms with Gasteiger partial charge in [0.1, 0.15) is 16.8 Å². The lowest BCUT2D eigenvalue weighted by atomic mass is 9.98. The molecule has 0 saturated heterocycles. The third kappa shape index (κ3) is 2.95. The molecule has 3 heterocycles. The number of nitrogens with one attached hydrogen (secondary N) is 1. The third-order valence-electron chi connectivity index (χ3n) is 6.03. The number of hydrogen-bond acceptors (Lipinski definition) is 3. The van der Waals surface area contributed by atoms with Crippen LogP contribution < -0.4 is 4.74 Å². The van der Waals surface area contributed by atoms with Crippen molar-refractivity contribution < 1.29 is 4.74 Å². The second kappa shape index (κ2) is 7.04. The first-order valence-corrected chi connectivity index (χ1v) is 11.0. The average Bonchev–Trinajstić information content (AvgIpc) is 3.39. The summed E-state index contributed by atoms with van der Waals surface area (Å²) < 4.78 is 7.60. The second-order valence-electron chi connectivity index (χ2n) is 8.06. The van der Waals surface area contributed by atoms with Gasteiger partial charge < -0.3 is 14.3 Å². The van der Waals surface area contributed by atoms with Crippen LogP contribution in [-0.2, 0) is 0 Å². The molecule has 5 rings (SSSR count). The van der Waals surface area contributed by atoms with E-state index < -0.39 is 0 Å². The van der Waals surface area contributed by atoms with E-state index in [1.54, 1.807) is 18.4 Å². The molecule has 154 valence electrons. The van der Waals surface area contributed by atoms with Crippen molar-refractivity contribution in [1.29, 1.82) is 5.26 Å². The average molecular weight is 426 g/mol. The van der Waals surface area contributed by atoms with E-state index in [1.165, 1.54) is 27.5 Å². The van der Waals surface area contributed by atoms with Crippen molar-refractivity contribution in [3.8, 4) is 27.9 Å². The number of H-pyrrole nitrogens is 1. The van der Waals surface area contributed by atoms with Crippen molar-refractivity contribution in [1.82, 2.24) is 9.55 Å². The van der Waals surface area contributed by atoms with E-state index in [-0.39, 0.29) is 0 Å². The Bertz CT molecular complexity index is 1520. The Hall–Kier alpha value is -3.49. The van der Waals surface area contributed by atoms with Crippen LogP contribution in [0, 0.1) is 39.0 Å². The van der Waals surface area contributed by atoms with Crippen molar-refractivity contribution in [2.45, 2.75) is 27.7 Å². The first-order valence-electron chi connectivity index (χ1n) is 10.2. The predicted octanol–water partition coefficient (Wildman–Crippen LogP) is 6.95. The summed E-state index contributed by atoms with van der Waals surface area (Å²) in [6.07, 6.45) is 0. The van der Waals surface area contributed by atoms with Gasteiger partial charge in [-0.2, -0.15) is 5.26 Å². The van der Waals surface area contributed by atoms with Gasteiger partial charge in [-0.3, -0.25) is 0 Å². The number of benzene rings is 2. The number of methoxy groups -OCH3 is 1. The Morgan fingerprint density at radius 1 is 0.935 bits per heavy atom. The monoisotopic (exact) mass is 425 g/mol. The van der Waals surface area contributed by atoms with Gasteiger partial charge in [0.25, 0.3) is 0 Å². The zero-order valence-corrected chi connectivity index (χ0v) is 19.1. The fourth-order valence-electron chi connectivity index (χ4n) is 4.55. The van der Waals surface area contributed by atoms with Gasteiger partial charge in [-0.05, 0) is 75.2 Å². The minimum atomic E-state index is 0.729. The van der Waals surface area contributed by atoms with Crippen LogP contribution >= 0.6 is 11.3 Å². The number of ether oxygens (including phenoxy) is 1. The molecule has 0 radical (unpaired) electrons. The largest absolute Gasteiger partial charge is 0.497 e. The number of thiophene rings is 1. The minimum Gasteiger partial charge on any atom is -0.497 e. The van der Waals surface area contributed by atoms with E-state index >= 15 is 0 Å². The number of fused-ring (bicyclic) bond motifs is 3. The maximum Gasteiger partial charge on any atom is 0.120 e. The summed E-state index contributed by atoms with van der Waals surface area (Å²) in [6, 6.07) is 17.2. The molecule has 0 amide bonds. The first-order chi connectivity index (χ1) is 14.9. The number of aromatic nitrogens is 2. The molecule has 1 N–H and O–H groups in total. The van der Waals surface area contributed by atoms with Crippen LogP contribution in [0.3, 0.4) is 0 Å². The molecule has 3 aromatic heterocycles. The van der Waals surface area contributed by atoms with Gasteiger partial charge in [0.2, 0.25) is 0 Å². The number of nitrogens with zero attached hydrogens (tertiary/aromatic N) is 2. The van der Waals surface area contributed by atoms with Crippen molar-refractivity contribution in [2.75, 3.05) is 7.11 Å². The molecule has 0 spiro atoms. The van der Waals surface area contributed by atoms with Crippen molar-refractivity contribution in [2.24, 2.45) is 0 Å². The van der Waals surface area contributed by atoms with Gasteiger partial charge >= 0.3 is 0 Å². The molecular weight excluding hydrogens is 402 g/mol. The van der Waals surface area contributed by atoms with E-state index in [0.717, 1.165) is 43.6 Å². The molecule has 0 aliphatic carbocycles. The summed E-state index contributed by atoms with van der Waals surface area (Å²) in [6.45, 7) is 8.46. The SMILES string of the molecule is COc1ccc2c(c1)[nH]c1cc(-c3cc(C)n(-c4sc(C)cc4C#N)c3C)c(C)cc12. The summed E-state index contributed by atoms with van der Waals surface area (Å²) in [7, 11) is 1.69. The standard InChI is InChI=1S/C26H23N3OS/c1-14-8-23-20-7-6-19(30-5)11-24(20)28-25(23)12-21(14)22-9-15(2)29(17(22)4)26-18(13-27)10-16(3)31-26/h6-12,28H,1-5H3. The van der Waals surface area contributed by atoms with Gasteiger partial charge in [0.15, 0.2) is 0 Å². The zero-order chi connectivity index (χ0) is 21.9. The summed E-state index contributed by atoms with van der Waals surface area (Å²) in [5.41, 5.74) is 8.82. The highest BCUT2D eigenvalue weighted by Gasteiger charge is 2.19. The Balaban J connectivity index is 1.72. The third-order valence-corrected chi connectivity index (χ3v) is 7.07. The summed E-state index contributed by atoms with van der Waals surface area (Å²) in [5, 5.41) is 13.0. The summed E-state index contributed by atoms with van der Waals surface area (Å²) >= 11 is 1.66.